The van der Waals surface area contributed by atoms with Crippen molar-refractivity contribution < 1.29 is 4.74 Å². The summed E-state index contributed by atoms with van der Waals surface area (Å²) in [5.74, 6) is 1.03. The average Bonchev–Trinajstić information content (AvgIpc) is 2.86. The van der Waals surface area contributed by atoms with Gasteiger partial charge >= 0.3 is 0 Å². The molecular formula is C16H21N3O. The summed E-state index contributed by atoms with van der Waals surface area (Å²) in [4.78, 5) is 4.41. The van der Waals surface area contributed by atoms with Crippen molar-refractivity contribution in [1.82, 2.24) is 9.55 Å². The van der Waals surface area contributed by atoms with Gasteiger partial charge in [0, 0.05) is 24.9 Å². The van der Waals surface area contributed by atoms with Crippen LogP contribution in [0.1, 0.15) is 30.0 Å². The number of hydrogen-bond acceptors (Lipinski definition) is 3. The number of ether oxygens (including phenoxy) is 1. The Kier molecular flexibility index (Phi) is 3.85. The third-order valence-electron chi connectivity index (χ3n) is 3.76. The number of hydrogen-bond donors (Lipinski definition) is 1. The molecule has 0 saturated heterocycles. The zero-order valence-electron chi connectivity index (χ0n) is 11.8. The predicted octanol–water partition coefficient (Wildman–Crippen LogP) is 2.09. The summed E-state index contributed by atoms with van der Waals surface area (Å²) in [5, 5.41) is 0. The van der Waals surface area contributed by atoms with Crippen LogP contribution in [0.15, 0.2) is 36.7 Å². The fraction of sp³-hybridized carbons (Fsp3) is 0.438. The van der Waals surface area contributed by atoms with Crippen molar-refractivity contribution in [3.63, 3.8) is 0 Å². The molecule has 1 aromatic heterocycles. The topological polar surface area (TPSA) is 53.1 Å². The molecule has 2 atom stereocenters. The highest BCUT2D eigenvalue weighted by Crippen LogP contribution is 2.28. The molecule has 2 heterocycles. The summed E-state index contributed by atoms with van der Waals surface area (Å²) in [6.45, 7) is 3.60. The lowest BCUT2D eigenvalue weighted by molar-refractivity contribution is 0.0300. The molecule has 2 N–H and O–H groups in total. The lowest BCUT2D eigenvalue weighted by atomic mass is 9.97. The molecule has 0 amide bonds. The van der Waals surface area contributed by atoms with E-state index in [1.165, 1.54) is 11.1 Å². The number of imidazole rings is 1. The normalized spacial score (nSPS) is 19.6. The maximum atomic E-state index is 5.96. The maximum Gasteiger partial charge on any atom is 0.110 e. The van der Waals surface area contributed by atoms with Crippen molar-refractivity contribution in [1.29, 1.82) is 0 Å². The molecule has 4 nitrogen and oxygen atoms in total. The molecule has 0 aliphatic carbocycles. The third kappa shape index (κ3) is 2.76. The van der Waals surface area contributed by atoms with E-state index in [-0.39, 0.29) is 12.1 Å². The van der Waals surface area contributed by atoms with Crippen LogP contribution in [0, 0.1) is 0 Å². The van der Waals surface area contributed by atoms with Crippen LogP contribution in [0.25, 0.3) is 0 Å². The highest BCUT2D eigenvalue weighted by atomic mass is 16.5. The Balaban J connectivity index is 1.81. The van der Waals surface area contributed by atoms with Gasteiger partial charge in [-0.15, -0.1) is 0 Å². The van der Waals surface area contributed by atoms with Crippen LogP contribution in [0.3, 0.4) is 0 Å². The Bertz CT molecular complexity index is 577. The average molecular weight is 271 g/mol. The maximum absolute atomic E-state index is 5.96. The first-order chi connectivity index (χ1) is 9.74. The Labute approximate surface area is 119 Å². The molecule has 0 fully saturated rings. The highest BCUT2D eigenvalue weighted by molar-refractivity contribution is 5.30. The molecule has 0 radical (unpaired) electrons. The first kappa shape index (κ1) is 13.3. The van der Waals surface area contributed by atoms with E-state index in [0.29, 0.717) is 0 Å². The van der Waals surface area contributed by atoms with Crippen LogP contribution in [0.4, 0.5) is 0 Å². The summed E-state index contributed by atoms with van der Waals surface area (Å²) < 4.78 is 8.12. The van der Waals surface area contributed by atoms with Crippen LogP contribution in [0.2, 0.25) is 0 Å². The van der Waals surface area contributed by atoms with E-state index in [1.54, 1.807) is 0 Å². The van der Waals surface area contributed by atoms with Gasteiger partial charge in [-0.25, -0.2) is 4.98 Å². The SMILES string of the molecule is CC(N)Cc1nccn1CC1OCCc2ccccc21. The quantitative estimate of drug-likeness (QED) is 0.926. The minimum Gasteiger partial charge on any atom is -0.371 e. The molecule has 0 saturated carbocycles. The molecule has 4 heteroatoms. The van der Waals surface area contributed by atoms with Crippen LogP contribution in [-0.4, -0.2) is 22.2 Å². The summed E-state index contributed by atoms with van der Waals surface area (Å²) in [6, 6.07) is 8.66. The fourth-order valence-corrected chi connectivity index (χ4v) is 2.79. The Morgan fingerprint density at radius 2 is 2.30 bits per heavy atom. The summed E-state index contributed by atoms with van der Waals surface area (Å²) in [6.07, 6.45) is 5.76. The first-order valence-corrected chi connectivity index (χ1v) is 7.19. The number of rotatable bonds is 4. The summed E-state index contributed by atoms with van der Waals surface area (Å²) in [7, 11) is 0. The van der Waals surface area contributed by atoms with Crippen molar-refractivity contribution in [3.8, 4) is 0 Å². The predicted molar refractivity (Wildman–Crippen MR) is 78.4 cm³/mol. The molecule has 1 aliphatic heterocycles. The molecular weight excluding hydrogens is 250 g/mol. The van der Waals surface area contributed by atoms with Gasteiger partial charge in [-0.1, -0.05) is 24.3 Å². The van der Waals surface area contributed by atoms with E-state index < -0.39 is 0 Å². The molecule has 1 aromatic carbocycles. The van der Waals surface area contributed by atoms with Gasteiger partial charge in [0.15, 0.2) is 0 Å². The lowest BCUT2D eigenvalue weighted by Crippen LogP contribution is -2.24. The molecule has 3 rings (SSSR count). The first-order valence-electron chi connectivity index (χ1n) is 7.19. The zero-order chi connectivity index (χ0) is 13.9. The van der Waals surface area contributed by atoms with E-state index in [4.69, 9.17) is 10.5 Å². The summed E-state index contributed by atoms with van der Waals surface area (Å²) >= 11 is 0. The van der Waals surface area contributed by atoms with Gasteiger partial charge in [0.1, 0.15) is 11.9 Å². The highest BCUT2D eigenvalue weighted by Gasteiger charge is 2.21. The minimum atomic E-state index is 0.112. The largest absolute Gasteiger partial charge is 0.371 e. The minimum absolute atomic E-state index is 0.112. The van der Waals surface area contributed by atoms with E-state index in [9.17, 15) is 0 Å². The smallest absolute Gasteiger partial charge is 0.110 e. The second-order valence-electron chi connectivity index (χ2n) is 5.49. The standard InChI is InChI=1S/C16H21N3O/c1-12(17)10-16-18-7-8-19(16)11-15-14-5-3-2-4-13(14)6-9-20-15/h2-5,7-8,12,15H,6,9-11,17H2,1H3. The Hall–Kier alpha value is -1.65. The number of nitrogens with zero attached hydrogens (tertiary/aromatic N) is 2. The van der Waals surface area contributed by atoms with E-state index in [0.717, 1.165) is 31.8 Å². The number of benzene rings is 1. The Morgan fingerprint density at radius 3 is 3.15 bits per heavy atom. The van der Waals surface area contributed by atoms with Crippen LogP contribution in [0.5, 0.6) is 0 Å². The molecule has 2 unspecified atom stereocenters. The summed E-state index contributed by atoms with van der Waals surface area (Å²) in [5.41, 5.74) is 8.58. The van der Waals surface area contributed by atoms with Gasteiger partial charge in [0.05, 0.1) is 13.2 Å². The van der Waals surface area contributed by atoms with Crippen molar-refractivity contribution in [2.45, 2.75) is 38.5 Å². The van der Waals surface area contributed by atoms with Gasteiger partial charge < -0.3 is 15.0 Å². The van der Waals surface area contributed by atoms with Crippen LogP contribution >= 0.6 is 0 Å². The number of nitrogens with two attached hydrogens (primary N) is 1. The van der Waals surface area contributed by atoms with Crippen LogP contribution in [-0.2, 0) is 24.1 Å². The molecule has 20 heavy (non-hydrogen) atoms. The second-order valence-corrected chi connectivity index (χ2v) is 5.49. The van der Waals surface area contributed by atoms with Gasteiger partial charge in [0.2, 0.25) is 0 Å². The van der Waals surface area contributed by atoms with Gasteiger partial charge in [-0.05, 0) is 24.5 Å². The van der Waals surface area contributed by atoms with Crippen molar-refractivity contribution in [3.05, 3.63) is 53.6 Å². The third-order valence-corrected chi connectivity index (χ3v) is 3.76. The van der Waals surface area contributed by atoms with E-state index in [2.05, 4.69) is 33.8 Å². The fourth-order valence-electron chi connectivity index (χ4n) is 2.79. The monoisotopic (exact) mass is 271 g/mol. The van der Waals surface area contributed by atoms with Gasteiger partial charge in [-0.3, -0.25) is 0 Å². The Morgan fingerprint density at radius 1 is 1.45 bits per heavy atom. The molecule has 106 valence electrons. The number of fused-ring (bicyclic) bond motifs is 1. The molecule has 0 bridgehead atoms. The van der Waals surface area contributed by atoms with Gasteiger partial charge in [-0.2, -0.15) is 0 Å². The zero-order valence-corrected chi connectivity index (χ0v) is 11.8. The van der Waals surface area contributed by atoms with Gasteiger partial charge in [0.25, 0.3) is 0 Å². The lowest BCUT2D eigenvalue weighted by Gasteiger charge is -2.27. The van der Waals surface area contributed by atoms with Crippen molar-refractivity contribution >= 4 is 0 Å². The van der Waals surface area contributed by atoms with E-state index in [1.807, 2.05) is 19.3 Å². The van der Waals surface area contributed by atoms with Crippen molar-refractivity contribution in [2.24, 2.45) is 5.73 Å². The molecule has 1 aliphatic rings. The van der Waals surface area contributed by atoms with Crippen molar-refractivity contribution in [2.75, 3.05) is 6.61 Å². The van der Waals surface area contributed by atoms with E-state index >= 15 is 0 Å². The second kappa shape index (κ2) is 5.77. The molecule has 0 spiro atoms. The number of aromatic nitrogens is 2. The van der Waals surface area contributed by atoms with Crippen LogP contribution < -0.4 is 5.73 Å². The molecule has 2 aromatic rings.